The molecule has 0 nitrogen and oxygen atoms in total. The summed E-state index contributed by atoms with van der Waals surface area (Å²) in [6, 6.07) is 21.0. The van der Waals surface area contributed by atoms with Crippen LogP contribution in [0.5, 0.6) is 0 Å². The number of benzene rings is 2. The van der Waals surface area contributed by atoms with Crippen LogP contribution in [0.1, 0.15) is 13.8 Å². The molecule has 2 aromatic rings. The van der Waals surface area contributed by atoms with Crippen molar-refractivity contribution in [3.63, 3.8) is 0 Å². The van der Waals surface area contributed by atoms with E-state index in [4.69, 9.17) is 0 Å². The van der Waals surface area contributed by atoms with Gasteiger partial charge in [0.25, 0.3) is 0 Å². The third-order valence-corrected chi connectivity index (χ3v) is 4.62. The van der Waals surface area contributed by atoms with E-state index in [-0.39, 0.29) is 0 Å². The largest absolute Gasteiger partial charge is 0.472 e. The van der Waals surface area contributed by atoms with Gasteiger partial charge in [0.1, 0.15) is 0 Å². The Morgan fingerprint density at radius 3 is 1.39 bits per heavy atom. The van der Waals surface area contributed by atoms with Crippen LogP contribution in [0, 0.1) is 0 Å². The molecule has 2 heteroatoms. The average Bonchev–Trinajstić information content (AvgIpc) is 2.43. The van der Waals surface area contributed by atoms with E-state index in [1.807, 2.05) is 12.1 Å². The van der Waals surface area contributed by atoms with E-state index in [2.05, 4.69) is 62.4 Å². The molecule has 0 N–H and O–H groups in total. The van der Waals surface area contributed by atoms with Crippen LogP contribution < -0.4 is 10.6 Å². The van der Waals surface area contributed by atoms with Crippen molar-refractivity contribution in [2.75, 3.05) is 0 Å². The molecular weight excluding hydrogens is 250 g/mol. The van der Waals surface area contributed by atoms with Crippen molar-refractivity contribution in [3.05, 3.63) is 60.7 Å². The summed E-state index contributed by atoms with van der Waals surface area (Å²) in [5.41, 5.74) is 0. The molecular formula is C16H20AlP. The maximum absolute atomic E-state index is 2.25. The first-order valence-corrected chi connectivity index (χ1v) is 9.03. The monoisotopic (exact) mass is 270 g/mol. The normalized spacial score (nSPS) is 9.00. The molecule has 2 aromatic carbocycles. The van der Waals surface area contributed by atoms with Crippen LogP contribution in [0.2, 0.25) is 10.6 Å². The van der Waals surface area contributed by atoms with Gasteiger partial charge in [0, 0.05) is 0 Å². The minimum Gasteiger partial charge on any atom is -0.472 e. The number of hydrogen-bond donors (Lipinski definition) is 0. The Morgan fingerprint density at radius 1 is 0.722 bits per heavy atom. The van der Waals surface area contributed by atoms with Gasteiger partial charge in [0.2, 0.25) is 0 Å². The van der Waals surface area contributed by atoms with E-state index >= 15 is 0 Å². The van der Waals surface area contributed by atoms with Crippen molar-refractivity contribution in [2.24, 2.45) is 0 Å². The van der Waals surface area contributed by atoms with Crippen molar-refractivity contribution in [3.8, 4) is 0 Å². The van der Waals surface area contributed by atoms with Gasteiger partial charge in [-0.05, 0) is 0 Å². The number of rotatable bonds is 4. The molecule has 0 heterocycles. The third kappa shape index (κ3) is 6.97. The predicted octanol–water partition coefficient (Wildman–Crippen LogP) is 4.15. The second kappa shape index (κ2) is 10.3. The average molecular weight is 270 g/mol. The molecule has 0 aromatic heterocycles. The summed E-state index contributed by atoms with van der Waals surface area (Å²) in [4.78, 5) is 0. The van der Waals surface area contributed by atoms with E-state index in [9.17, 15) is 0 Å². The van der Waals surface area contributed by atoms with Gasteiger partial charge in [-0.2, -0.15) is 0 Å². The topological polar surface area (TPSA) is 0 Å². The van der Waals surface area contributed by atoms with Crippen LogP contribution in [0.3, 0.4) is 0 Å². The first-order valence-electron chi connectivity index (χ1n) is 6.50. The van der Waals surface area contributed by atoms with Gasteiger partial charge >= 0.3 is 39.6 Å². The van der Waals surface area contributed by atoms with Crippen LogP contribution in [0.25, 0.3) is 0 Å². The zero-order valence-corrected chi connectivity index (χ0v) is 13.3. The first-order chi connectivity index (χ1) is 8.86. The van der Waals surface area contributed by atoms with Crippen molar-refractivity contribution in [1.82, 2.24) is 0 Å². The Labute approximate surface area is 119 Å². The van der Waals surface area contributed by atoms with Gasteiger partial charge in [-0.25, -0.2) is 10.6 Å². The van der Waals surface area contributed by atoms with E-state index in [1.165, 1.54) is 29.8 Å². The Bertz CT molecular complexity index is 360. The van der Waals surface area contributed by atoms with Gasteiger partial charge in [0.15, 0.2) is 0 Å². The van der Waals surface area contributed by atoms with Gasteiger partial charge < -0.3 is 8.58 Å². The Morgan fingerprint density at radius 2 is 1.11 bits per heavy atom. The van der Waals surface area contributed by atoms with Crippen molar-refractivity contribution in [2.45, 2.75) is 24.4 Å². The van der Waals surface area contributed by atoms with Gasteiger partial charge in [-0.3, -0.25) is 0 Å². The zero-order valence-electron chi connectivity index (χ0n) is 11.2. The number of hydrogen-bond acceptors (Lipinski definition) is 0. The van der Waals surface area contributed by atoms with Crippen molar-refractivity contribution >= 4 is 34.4 Å². The Balaban J connectivity index is 0.000000280. The molecule has 0 aliphatic heterocycles. The molecule has 0 radical (unpaired) electrons. The van der Waals surface area contributed by atoms with E-state index < -0.39 is 0 Å². The quantitative estimate of drug-likeness (QED) is 0.578. The molecule has 0 aliphatic rings. The third-order valence-electron chi connectivity index (χ3n) is 2.35. The minimum atomic E-state index is 0.815. The smallest absolute Gasteiger partial charge is 0.0624 e. The van der Waals surface area contributed by atoms with Crippen molar-refractivity contribution < 1.29 is 0 Å². The van der Waals surface area contributed by atoms with Crippen LogP contribution in [0.4, 0.5) is 0 Å². The molecule has 0 fully saturated rings. The van der Waals surface area contributed by atoms with E-state index in [0.717, 1.165) is 15.2 Å². The van der Waals surface area contributed by atoms with Crippen LogP contribution >= 0.6 is 8.58 Å². The summed E-state index contributed by atoms with van der Waals surface area (Å²) >= 11 is 0.815. The fourth-order valence-corrected chi connectivity index (χ4v) is 2.96. The zero-order chi connectivity index (χ0) is 13.1. The Kier molecular flexibility index (Phi) is 8.88. The molecule has 18 heavy (non-hydrogen) atoms. The SMILES string of the molecule is C[CH2][Al+][CH2]C.c1ccc([P-]c2ccccc2)cc1. The standard InChI is InChI=1S/C12H10P.2C2H5.Al/c1-3-7-11(8-4-1)13-12-9-5-2-6-10-12;2*1-2;/h1-10H;2*1H2,2H3;/q-1;;;+1. The maximum Gasteiger partial charge on any atom is -0.0624 e. The summed E-state index contributed by atoms with van der Waals surface area (Å²) in [6.45, 7) is 4.50. The predicted molar refractivity (Wildman–Crippen MR) is 85.8 cm³/mol. The molecule has 0 saturated heterocycles. The second-order valence-electron chi connectivity index (χ2n) is 3.89. The van der Waals surface area contributed by atoms with Crippen LogP contribution in [0.15, 0.2) is 60.7 Å². The van der Waals surface area contributed by atoms with Gasteiger partial charge in [0.05, 0.1) is 0 Å². The fraction of sp³-hybridized carbons (Fsp3) is 0.250. The molecule has 0 amide bonds. The van der Waals surface area contributed by atoms with Crippen LogP contribution in [-0.2, 0) is 0 Å². The van der Waals surface area contributed by atoms with Gasteiger partial charge in [-0.15, -0.1) is 0 Å². The summed E-state index contributed by atoms with van der Waals surface area (Å²) in [7, 11) is 1.28. The molecule has 0 atom stereocenters. The first kappa shape index (κ1) is 15.5. The van der Waals surface area contributed by atoms with Gasteiger partial charge in [-0.1, -0.05) is 60.7 Å². The summed E-state index contributed by atoms with van der Waals surface area (Å²) < 4.78 is 0. The Hall–Kier alpha value is -0.598. The molecule has 0 aliphatic carbocycles. The molecule has 0 saturated carbocycles. The second-order valence-corrected chi connectivity index (χ2v) is 7.35. The van der Waals surface area contributed by atoms with Crippen LogP contribution in [-0.4, -0.2) is 15.2 Å². The fourth-order valence-electron chi connectivity index (χ4n) is 1.44. The molecule has 0 spiro atoms. The van der Waals surface area contributed by atoms with Crippen molar-refractivity contribution in [1.29, 1.82) is 0 Å². The molecule has 2 rings (SSSR count). The summed E-state index contributed by atoms with van der Waals surface area (Å²) in [5.74, 6) is 0. The summed E-state index contributed by atoms with van der Waals surface area (Å²) in [6.07, 6.45) is 0. The molecule has 0 unspecified atom stereocenters. The molecule has 0 bridgehead atoms. The maximum atomic E-state index is 2.25. The van der Waals surface area contributed by atoms with E-state index in [0.29, 0.717) is 0 Å². The molecule has 92 valence electrons. The van der Waals surface area contributed by atoms with E-state index in [1.54, 1.807) is 0 Å². The minimum absolute atomic E-state index is 0.815. The summed E-state index contributed by atoms with van der Waals surface area (Å²) in [5, 5.41) is 5.54.